The minimum absolute atomic E-state index is 0.405. The molecule has 1 aromatic carbocycles. The minimum Gasteiger partial charge on any atom is -0.486 e. The van der Waals surface area contributed by atoms with Gasteiger partial charge in [0.05, 0.1) is 6.54 Å². The van der Waals surface area contributed by atoms with Crippen LogP contribution < -0.4 is 9.47 Å². The van der Waals surface area contributed by atoms with E-state index in [-0.39, 0.29) is 0 Å². The highest BCUT2D eigenvalue weighted by Crippen LogP contribution is 2.38. The first-order valence-electron chi connectivity index (χ1n) is 8.21. The number of aromatic nitrogens is 3. The highest BCUT2D eigenvalue weighted by atomic mass is 16.6. The summed E-state index contributed by atoms with van der Waals surface area (Å²) < 4.78 is 13.4. The molecule has 1 saturated heterocycles. The monoisotopic (exact) mass is 314 g/mol. The van der Waals surface area contributed by atoms with Crippen LogP contribution in [0.2, 0.25) is 0 Å². The zero-order valence-electron chi connectivity index (χ0n) is 13.7. The quantitative estimate of drug-likeness (QED) is 0.869. The third-order valence-electron chi connectivity index (χ3n) is 4.84. The van der Waals surface area contributed by atoms with Gasteiger partial charge >= 0.3 is 0 Å². The molecule has 2 aromatic rings. The molecular formula is C17H22N4O2. The van der Waals surface area contributed by atoms with Gasteiger partial charge in [-0.25, -0.2) is 0 Å². The summed E-state index contributed by atoms with van der Waals surface area (Å²) in [5.74, 6) is 3.70. The maximum absolute atomic E-state index is 5.73. The summed E-state index contributed by atoms with van der Waals surface area (Å²) in [5, 5.41) is 8.47. The fourth-order valence-corrected chi connectivity index (χ4v) is 3.43. The second-order valence-corrected chi connectivity index (χ2v) is 6.25. The van der Waals surface area contributed by atoms with E-state index in [1.165, 1.54) is 12.0 Å². The molecule has 122 valence electrons. The third-order valence-corrected chi connectivity index (χ3v) is 4.84. The van der Waals surface area contributed by atoms with E-state index in [0.29, 0.717) is 19.3 Å². The van der Waals surface area contributed by atoms with Crippen LogP contribution in [0.15, 0.2) is 18.2 Å². The summed E-state index contributed by atoms with van der Waals surface area (Å²) in [5.41, 5.74) is 1.30. The Morgan fingerprint density at radius 2 is 2.00 bits per heavy atom. The Balaban J connectivity index is 1.56. The molecule has 0 amide bonds. The Morgan fingerprint density at radius 3 is 2.78 bits per heavy atom. The fourth-order valence-electron chi connectivity index (χ4n) is 3.43. The molecule has 0 unspecified atom stereocenters. The van der Waals surface area contributed by atoms with Crippen LogP contribution in [-0.2, 0) is 13.6 Å². The lowest BCUT2D eigenvalue weighted by Crippen LogP contribution is -2.25. The van der Waals surface area contributed by atoms with E-state index in [1.54, 1.807) is 0 Å². The van der Waals surface area contributed by atoms with Crippen LogP contribution in [-0.4, -0.2) is 39.4 Å². The molecule has 1 atom stereocenters. The highest BCUT2D eigenvalue weighted by molar-refractivity contribution is 5.44. The van der Waals surface area contributed by atoms with Crippen LogP contribution >= 0.6 is 0 Å². The van der Waals surface area contributed by atoms with Gasteiger partial charge in [0.25, 0.3) is 0 Å². The lowest BCUT2D eigenvalue weighted by Gasteiger charge is -2.26. The number of hydrogen-bond acceptors (Lipinski definition) is 5. The maximum Gasteiger partial charge on any atom is 0.161 e. The second-order valence-electron chi connectivity index (χ2n) is 6.25. The number of hydrogen-bond donors (Lipinski definition) is 0. The van der Waals surface area contributed by atoms with Crippen molar-refractivity contribution in [3.05, 3.63) is 35.4 Å². The van der Waals surface area contributed by atoms with Gasteiger partial charge in [0.1, 0.15) is 24.9 Å². The Kier molecular flexibility index (Phi) is 3.69. The average Bonchev–Trinajstić information content (AvgIpc) is 3.16. The predicted octanol–water partition coefficient (Wildman–Crippen LogP) is 2.23. The summed E-state index contributed by atoms with van der Waals surface area (Å²) in [6.45, 7) is 5.16. The molecule has 3 heterocycles. The number of fused-ring (bicyclic) bond motifs is 1. The first-order chi connectivity index (χ1) is 11.2. The van der Waals surface area contributed by atoms with Crippen LogP contribution in [0.4, 0.5) is 0 Å². The van der Waals surface area contributed by atoms with Gasteiger partial charge in [-0.3, -0.25) is 4.90 Å². The molecule has 6 heteroatoms. The topological polar surface area (TPSA) is 52.4 Å². The Labute approximate surface area is 136 Å². The van der Waals surface area contributed by atoms with Crippen molar-refractivity contribution in [1.29, 1.82) is 0 Å². The van der Waals surface area contributed by atoms with Crippen LogP contribution in [0.25, 0.3) is 0 Å². The second kappa shape index (κ2) is 5.85. The van der Waals surface area contributed by atoms with E-state index in [0.717, 1.165) is 42.7 Å². The Bertz CT molecular complexity index is 713. The van der Waals surface area contributed by atoms with Crippen molar-refractivity contribution in [3.8, 4) is 11.5 Å². The first kappa shape index (κ1) is 14.5. The van der Waals surface area contributed by atoms with Crippen molar-refractivity contribution >= 4 is 0 Å². The molecule has 23 heavy (non-hydrogen) atoms. The number of benzene rings is 1. The molecule has 0 N–H and O–H groups in total. The SMILES string of the molecule is Cc1nnc(CN2CCC[C@H]2c2ccc3c(c2)OCCO3)n1C. The molecule has 4 rings (SSSR count). The molecule has 0 bridgehead atoms. The van der Waals surface area contributed by atoms with E-state index in [2.05, 4.69) is 31.8 Å². The van der Waals surface area contributed by atoms with E-state index >= 15 is 0 Å². The Morgan fingerprint density at radius 1 is 1.17 bits per heavy atom. The normalized spacial score (nSPS) is 20.9. The lowest BCUT2D eigenvalue weighted by atomic mass is 10.0. The minimum atomic E-state index is 0.405. The number of ether oxygens (including phenoxy) is 2. The Hall–Kier alpha value is -2.08. The van der Waals surface area contributed by atoms with Gasteiger partial charge in [-0.2, -0.15) is 0 Å². The highest BCUT2D eigenvalue weighted by Gasteiger charge is 2.28. The molecule has 1 fully saturated rings. The summed E-state index contributed by atoms with van der Waals surface area (Å²) in [6.07, 6.45) is 2.37. The van der Waals surface area contributed by atoms with Crippen molar-refractivity contribution in [2.45, 2.75) is 32.4 Å². The number of likely N-dealkylation sites (tertiary alicyclic amines) is 1. The summed E-state index contributed by atoms with van der Waals surface area (Å²) in [6, 6.07) is 6.74. The maximum atomic E-state index is 5.73. The van der Waals surface area contributed by atoms with Crippen LogP contribution in [0.3, 0.4) is 0 Å². The van der Waals surface area contributed by atoms with Crippen LogP contribution in [0.1, 0.15) is 36.1 Å². The number of rotatable bonds is 3. The molecule has 6 nitrogen and oxygen atoms in total. The van der Waals surface area contributed by atoms with E-state index in [9.17, 15) is 0 Å². The van der Waals surface area contributed by atoms with Crippen molar-refractivity contribution in [3.63, 3.8) is 0 Å². The molecule has 0 saturated carbocycles. The van der Waals surface area contributed by atoms with Crippen molar-refractivity contribution in [2.75, 3.05) is 19.8 Å². The van der Waals surface area contributed by atoms with Gasteiger partial charge in [0, 0.05) is 13.1 Å². The zero-order chi connectivity index (χ0) is 15.8. The van der Waals surface area contributed by atoms with Gasteiger partial charge in [0.2, 0.25) is 0 Å². The smallest absolute Gasteiger partial charge is 0.161 e. The molecule has 1 aromatic heterocycles. The van der Waals surface area contributed by atoms with Gasteiger partial charge in [-0.1, -0.05) is 6.07 Å². The largest absolute Gasteiger partial charge is 0.486 e. The van der Waals surface area contributed by atoms with Crippen molar-refractivity contribution in [1.82, 2.24) is 19.7 Å². The fraction of sp³-hybridized carbons (Fsp3) is 0.529. The molecular weight excluding hydrogens is 292 g/mol. The molecule has 0 spiro atoms. The summed E-state index contributed by atoms with van der Waals surface area (Å²) in [4.78, 5) is 2.48. The standard InChI is InChI=1S/C17H22N4O2/c1-12-18-19-17(20(12)2)11-21-7-3-4-14(21)13-5-6-15-16(10-13)23-9-8-22-15/h5-6,10,14H,3-4,7-9,11H2,1-2H3/t14-/m0/s1. The summed E-state index contributed by atoms with van der Waals surface area (Å²) >= 11 is 0. The predicted molar refractivity (Wildman–Crippen MR) is 85.6 cm³/mol. The molecule has 2 aliphatic heterocycles. The molecule has 0 aliphatic carbocycles. The molecule has 2 aliphatic rings. The van der Waals surface area contributed by atoms with Gasteiger partial charge in [-0.05, 0) is 44.0 Å². The van der Waals surface area contributed by atoms with Gasteiger partial charge in [0.15, 0.2) is 11.5 Å². The van der Waals surface area contributed by atoms with E-state index in [4.69, 9.17) is 9.47 Å². The van der Waals surface area contributed by atoms with Gasteiger partial charge in [-0.15, -0.1) is 10.2 Å². The number of nitrogens with zero attached hydrogens (tertiary/aromatic N) is 4. The van der Waals surface area contributed by atoms with Crippen molar-refractivity contribution < 1.29 is 9.47 Å². The summed E-state index contributed by atoms with van der Waals surface area (Å²) in [7, 11) is 2.03. The van der Waals surface area contributed by atoms with E-state index < -0.39 is 0 Å². The van der Waals surface area contributed by atoms with E-state index in [1.807, 2.05) is 20.0 Å². The average molecular weight is 314 g/mol. The van der Waals surface area contributed by atoms with Gasteiger partial charge < -0.3 is 14.0 Å². The van der Waals surface area contributed by atoms with Crippen LogP contribution in [0.5, 0.6) is 11.5 Å². The van der Waals surface area contributed by atoms with Crippen molar-refractivity contribution in [2.24, 2.45) is 7.05 Å². The molecule has 0 radical (unpaired) electrons. The number of aryl methyl sites for hydroxylation is 1. The zero-order valence-corrected chi connectivity index (χ0v) is 13.7. The third kappa shape index (κ3) is 2.67. The first-order valence-corrected chi connectivity index (χ1v) is 8.21. The lowest BCUT2D eigenvalue weighted by molar-refractivity contribution is 0.170. The van der Waals surface area contributed by atoms with Crippen LogP contribution in [0, 0.1) is 6.92 Å².